The predicted octanol–water partition coefficient (Wildman–Crippen LogP) is 2.05. The van der Waals surface area contributed by atoms with Gasteiger partial charge >= 0.3 is 0 Å². The van der Waals surface area contributed by atoms with Crippen LogP contribution in [0.2, 0.25) is 0 Å². The molecule has 1 aromatic carbocycles. The van der Waals surface area contributed by atoms with E-state index in [0.29, 0.717) is 17.7 Å². The number of rotatable bonds is 5. The van der Waals surface area contributed by atoms with Crippen LogP contribution >= 0.6 is 0 Å². The van der Waals surface area contributed by atoms with Gasteiger partial charge in [0.25, 0.3) is 0 Å². The average molecular weight is 286 g/mol. The van der Waals surface area contributed by atoms with Gasteiger partial charge in [-0.3, -0.25) is 9.71 Å². The van der Waals surface area contributed by atoms with Crippen LogP contribution in [-0.2, 0) is 16.4 Å². The van der Waals surface area contributed by atoms with Crippen LogP contribution in [0.15, 0.2) is 48.7 Å². The van der Waals surface area contributed by atoms with Crippen LogP contribution in [-0.4, -0.2) is 19.2 Å². The zero-order valence-corrected chi connectivity index (χ0v) is 11.6. The molecule has 5 heteroatoms. The second-order valence-electron chi connectivity index (χ2n) is 4.22. The Balaban J connectivity index is 2.02. The second kappa shape index (κ2) is 6.22. The molecule has 0 fully saturated rings. The summed E-state index contributed by atoms with van der Waals surface area (Å²) in [5, 5.41) is 0. The second-order valence-corrected chi connectivity index (χ2v) is 6.06. The molecule has 0 aliphatic rings. The van der Waals surface area contributed by atoms with Crippen molar-refractivity contribution in [3.8, 4) is 12.3 Å². The molecule has 102 valence electrons. The van der Waals surface area contributed by atoms with E-state index in [1.807, 2.05) is 6.07 Å². The van der Waals surface area contributed by atoms with Gasteiger partial charge in [0.05, 0.1) is 5.75 Å². The van der Waals surface area contributed by atoms with Crippen LogP contribution in [0, 0.1) is 12.3 Å². The number of hydrogen-bond acceptors (Lipinski definition) is 3. The number of terminal acetylenes is 1. The molecule has 1 aromatic heterocycles. The number of sulfonamides is 1. The molecule has 0 saturated carbocycles. The average Bonchev–Trinajstić information content (AvgIpc) is 2.46. The lowest BCUT2D eigenvalue weighted by atomic mass is 10.2. The number of nitrogens with zero attached hydrogens (tertiary/aromatic N) is 1. The molecule has 0 saturated heterocycles. The standard InChI is InChI=1S/C15H14N2O2S/c1-2-13-6-5-8-15(12-13)17-20(18,19)11-9-14-7-3-4-10-16-14/h1,3-8,10,12,17H,9,11H2. The van der Waals surface area contributed by atoms with Crippen LogP contribution in [0.4, 0.5) is 5.69 Å². The van der Waals surface area contributed by atoms with E-state index < -0.39 is 10.0 Å². The fourth-order valence-electron chi connectivity index (χ4n) is 1.69. The van der Waals surface area contributed by atoms with Gasteiger partial charge in [-0.2, -0.15) is 0 Å². The van der Waals surface area contributed by atoms with Gasteiger partial charge in [-0.05, 0) is 30.3 Å². The topological polar surface area (TPSA) is 59.1 Å². The quantitative estimate of drug-likeness (QED) is 0.856. The number of nitrogens with one attached hydrogen (secondary N) is 1. The minimum Gasteiger partial charge on any atom is -0.284 e. The Kier molecular flexibility index (Phi) is 4.38. The van der Waals surface area contributed by atoms with Gasteiger partial charge in [0.2, 0.25) is 10.0 Å². The molecular formula is C15H14N2O2S. The van der Waals surface area contributed by atoms with Crippen molar-refractivity contribution < 1.29 is 8.42 Å². The third-order valence-corrected chi connectivity index (χ3v) is 3.94. The van der Waals surface area contributed by atoms with E-state index >= 15 is 0 Å². The number of benzene rings is 1. The Morgan fingerprint density at radius 3 is 2.75 bits per heavy atom. The van der Waals surface area contributed by atoms with Gasteiger partial charge in [0.15, 0.2) is 0 Å². The molecule has 2 aromatic rings. The molecule has 20 heavy (non-hydrogen) atoms. The summed E-state index contributed by atoms with van der Waals surface area (Å²) >= 11 is 0. The van der Waals surface area contributed by atoms with Gasteiger partial charge in [-0.1, -0.05) is 18.1 Å². The molecule has 1 N–H and O–H groups in total. The minimum absolute atomic E-state index is 0.0235. The summed E-state index contributed by atoms with van der Waals surface area (Å²) in [4.78, 5) is 4.10. The zero-order chi connectivity index (χ0) is 14.4. The van der Waals surface area contributed by atoms with E-state index in [4.69, 9.17) is 6.42 Å². The van der Waals surface area contributed by atoms with E-state index in [1.165, 1.54) is 0 Å². The van der Waals surface area contributed by atoms with E-state index in [-0.39, 0.29) is 5.75 Å². The van der Waals surface area contributed by atoms with E-state index in [0.717, 1.165) is 5.69 Å². The summed E-state index contributed by atoms with van der Waals surface area (Å²) in [7, 11) is -3.42. The number of pyridine rings is 1. The van der Waals surface area contributed by atoms with Crippen molar-refractivity contribution in [3.05, 3.63) is 59.9 Å². The normalized spacial score (nSPS) is 10.8. The van der Waals surface area contributed by atoms with Crippen LogP contribution in [0.1, 0.15) is 11.3 Å². The summed E-state index contributed by atoms with van der Waals surface area (Å²) in [5.74, 6) is 2.44. The van der Waals surface area contributed by atoms with Crippen molar-refractivity contribution in [1.82, 2.24) is 4.98 Å². The van der Waals surface area contributed by atoms with Crippen molar-refractivity contribution >= 4 is 15.7 Å². The van der Waals surface area contributed by atoms with E-state index in [2.05, 4.69) is 15.6 Å². The van der Waals surface area contributed by atoms with Crippen LogP contribution in [0.5, 0.6) is 0 Å². The molecule has 0 bridgehead atoms. The summed E-state index contributed by atoms with van der Waals surface area (Å²) in [6, 6.07) is 12.2. The van der Waals surface area contributed by atoms with Gasteiger partial charge in [-0.25, -0.2) is 8.42 Å². The zero-order valence-electron chi connectivity index (χ0n) is 10.8. The largest absolute Gasteiger partial charge is 0.284 e. The monoisotopic (exact) mass is 286 g/mol. The maximum absolute atomic E-state index is 12.0. The molecule has 0 unspecified atom stereocenters. The predicted molar refractivity (Wildman–Crippen MR) is 79.7 cm³/mol. The van der Waals surface area contributed by atoms with E-state index in [1.54, 1.807) is 42.6 Å². The number of hydrogen-bond donors (Lipinski definition) is 1. The molecule has 0 radical (unpaired) electrons. The lowest BCUT2D eigenvalue weighted by Crippen LogP contribution is -2.18. The first-order valence-electron chi connectivity index (χ1n) is 6.06. The first-order valence-corrected chi connectivity index (χ1v) is 7.71. The smallest absolute Gasteiger partial charge is 0.233 e. The Morgan fingerprint density at radius 2 is 2.05 bits per heavy atom. The van der Waals surface area contributed by atoms with Gasteiger partial charge in [0, 0.05) is 29.6 Å². The van der Waals surface area contributed by atoms with E-state index in [9.17, 15) is 8.42 Å². The maximum Gasteiger partial charge on any atom is 0.233 e. The lowest BCUT2D eigenvalue weighted by Gasteiger charge is -2.08. The Labute approximate surface area is 118 Å². The highest BCUT2D eigenvalue weighted by molar-refractivity contribution is 7.92. The minimum atomic E-state index is -3.42. The number of aromatic nitrogens is 1. The third kappa shape index (κ3) is 4.11. The van der Waals surface area contributed by atoms with Gasteiger partial charge in [-0.15, -0.1) is 6.42 Å². The molecular weight excluding hydrogens is 272 g/mol. The molecule has 0 spiro atoms. The summed E-state index contributed by atoms with van der Waals surface area (Å²) in [6.45, 7) is 0. The molecule has 0 atom stereocenters. The molecule has 4 nitrogen and oxygen atoms in total. The molecule has 2 rings (SSSR count). The van der Waals surface area contributed by atoms with Crippen LogP contribution in [0.25, 0.3) is 0 Å². The van der Waals surface area contributed by atoms with Crippen molar-refractivity contribution in [2.45, 2.75) is 6.42 Å². The fourth-order valence-corrected chi connectivity index (χ4v) is 2.75. The fraction of sp³-hybridized carbons (Fsp3) is 0.133. The van der Waals surface area contributed by atoms with Crippen LogP contribution < -0.4 is 4.72 Å². The Morgan fingerprint density at radius 1 is 1.20 bits per heavy atom. The first kappa shape index (κ1) is 14.1. The first-order chi connectivity index (χ1) is 9.59. The number of aryl methyl sites for hydroxylation is 1. The maximum atomic E-state index is 12.0. The van der Waals surface area contributed by atoms with Crippen LogP contribution in [0.3, 0.4) is 0 Å². The van der Waals surface area contributed by atoms with Gasteiger partial charge in [0.1, 0.15) is 0 Å². The SMILES string of the molecule is C#Cc1cccc(NS(=O)(=O)CCc2ccccn2)c1. The third-order valence-electron chi connectivity index (χ3n) is 2.66. The van der Waals surface area contributed by atoms with Crippen molar-refractivity contribution in [2.75, 3.05) is 10.5 Å². The molecule has 0 aliphatic carbocycles. The molecule has 0 amide bonds. The van der Waals surface area contributed by atoms with Gasteiger partial charge < -0.3 is 0 Å². The molecule has 1 heterocycles. The van der Waals surface area contributed by atoms with Crippen molar-refractivity contribution in [1.29, 1.82) is 0 Å². The summed E-state index contributed by atoms with van der Waals surface area (Å²) < 4.78 is 26.5. The van der Waals surface area contributed by atoms with Crippen molar-refractivity contribution in [2.24, 2.45) is 0 Å². The lowest BCUT2D eigenvalue weighted by molar-refractivity contribution is 0.600. The number of anilines is 1. The highest BCUT2D eigenvalue weighted by Gasteiger charge is 2.11. The highest BCUT2D eigenvalue weighted by Crippen LogP contribution is 2.12. The van der Waals surface area contributed by atoms with Crippen molar-refractivity contribution in [3.63, 3.8) is 0 Å². The summed E-state index contributed by atoms with van der Waals surface area (Å²) in [5.41, 5.74) is 1.85. The molecule has 0 aliphatic heterocycles. The summed E-state index contributed by atoms with van der Waals surface area (Å²) in [6.07, 6.45) is 7.29. The highest BCUT2D eigenvalue weighted by atomic mass is 32.2. The Bertz CT molecular complexity index is 719. The Hall–Kier alpha value is -2.32.